The highest BCUT2D eigenvalue weighted by Crippen LogP contribution is 2.50. The van der Waals surface area contributed by atoms with E-state index >= 15 is 0 Å². The largest absolute Gasteiger partial charge is 0.291 e. The summed E-state index contributed by atoms with van der Waals surface area (Å²) in [5.74, 6) is 0. The number of nitrogens with zero attached hydrogens (tertiary/aromatic N) is 4. The molecular weight excluding hydrogens is 428 g/mol. The number of benzene rings is 3. The highest BCUT2D eigenvalue weighted by atomic mass is 15.0. The van der Waals surface area contributed by atoms with E-state index in [4.69, 9.17) is 4.98 Å². The van der Waals surface area contributed by atoms with E-state index in [0.717, 1.165) is 40.4 Å². The van der Waals surface area contributed by atoms with Gasteiger partial charge in [0.25, 0.3) is 0 Å². The molecule has 0 spiro atoms. The van der Waals surface area contributed by atoms with Crippen LogP contribution in [0.1, 0.15) is 22.3 Å². The van der Waals surface area contributed by atoms with Gasteiger partial charge in [0.1, 0.15) is 11.2 Å². The van der Waals surface area contributed by atoms with Crippen molar-refractivity contribution in [2.24, 2.45) is 0 Å². The summed E-state index contributed by atoms with van der Waals surface area (Å²) >= 11 is 0. The third kappa shape index (κ3) is 2.11. The molecule has 35 heavy (non-hydrogen) atoms. The maximum atomic E-state index is 5.13. The lowest BCUT2D eigenvalue weighted by atomic mass is 9.93. The van der Waals surface area contributed by atoms with E-state index in [1.54, 1.807) is 0 Å². The molecule has 0 radical (unpaired) electrons. The van der Waals surface area contributed by atoms with Crippen LogP contribution in [0.3, 0.4) is 0 Å². The summed E-state index contributed by atoms with van der Waals surface area (Å²) in [6.45, 7) is 0. The van der Waals surface area contributed by atoms with Gasteiger partial charge in [-0.1, -0.05) is 48.5 Å². The van der Waals surface area contributed by atoms with Crippen molar-refractivity contribution in [1.29, 1.82) is 0 Å². The van der Waals surface area contributed by atoms with Gasteiger partial charge in [-0.15, -0.1) is 0 Å². The smallest absolute Gasteiger partial charge is 0.147 e. The number of hydrogen-bond acceptors (Lipinski definition) is 3. The van der Waals surface area contributed by atoms with Gasteiger partial charge < -0.3 is 0 Å². The Morgan fingerprint density at radius 3 is 2.43 bits per heavy atom. The Bertz CT molecular complexity index is 2070. The highest BCUT2D eigenvalue weighted by molar-refractivity contribution is 6.20. The number of rotatable bonds is 0. The van der Waals surface area contributed by atoms with E-state index in [9.17, 15) is 0 Å². The first kappa shape index (κ1) is 17.8. The zero-order valence-corrected chi connectivity index (χ0v) is 18.8. The second kappa shape index (κ2) is 6.10. The first-order chi connectivity index (χ1) is 17.4. The van der Waals surface area contributed by atoms with Gasteiger partial charge in [-0.2, -0.15) is 0 Å². The van der Waals surface area contributed by atoms with Crippen molar-refractivity contribution >= 4 is 38.4 Å². The summed E-state index contributed by atoms with van der Waals surface area (Å²) in [6, 6.07) is 22.3. The lowest BCUT2D eigenvalue weighted by Crippen LogP contribution is -1.94. The standard InChI is InChI=1S/C31H18N4/c1-2-4-20-17(3-1)13-18-5-7-21-23(28(18)20)14-19-6-8-22-24-15-32-11-9-26(24)35-27-10-12-33-16-25(27)34-31(35)30(22)29(19)21/h1-12,15-16H,13-14H2. The SMILES string of the molecule is c1ccc2c(c1)Cc1ccc3c(c1-2)Cc1ccc2c4cnccc4n4c5ccncc5nc4c2c1-3. The molecule has 0 aliphatic heterocycles. The molecule has 0 amide bonds. The molecule has 0 saturated heterocycles. The summed E-state index contributed by atoms with van der Waals surface area (Å²) < 4.78 is 2.29. The Labute approximate surface area is 200 Å². The Balaban J connectivity index is 1.48. The molecule has 4 heterocycles. The maximum absolute atomic E-state index is 5.13. The molecule has 3 aromatic carbocycles. The zero-order valence-electron chi connectivity index (χ0n) is 18.8. The van der Waals surface area contributed by atoms with Crippen LogP contribution < -0.4 is 0 Å². The quantitative estimate of drug-likeness (QED) is 0.243. The molecule has 0 N–H and O–H groups in total. The molecule has 4 aromatic heterocycles. The van der Waals surface area contributed by atoms with Crippen molar-refractivity contribution in [2.75, 3.05) is 0 Å². The Morgan fingerprint density at radius 2 is 1.46 bits per heavy atom. The number of aromatic nitrogens is 4. The molecule has 2 aliphatic carbocycles. The molecule has 0 atom stereocenters. The number of imidazole rings is 1. The van der Waals surface area contributed by atoms with E-state index in [1.807, 2.05) is 24.8 Å². The topological polar surface area (TPSA) is 43.1 Å². The third-order valence-corrected chi connectivity index (χ3v) is 8.00. The van der Waals surface area contributed by atoms with Crippen molar-refractivity contribution in [3.63, 3.8) is 0 Å². The first-order valence-electron chi connectivity index (χ1n) is 12.0. The van der Waals surface area contributed by atoms with Crippen molar-refractivity contribution < 1.29 is 0 Å². The molecular formula is C31H18N4. The van der Waals surface area contributed by atoms with Crippen molar-refractivity contribution in [2.45, 2.75) is 12.8 Å². The zero-order chi connectivity index (χ0) is 22.7. The van der Waals surface area contributed by atoms with Crippen molar-refractivity contribution in [1.82, 2.24) is 19.4 Å². The van der Waals surface area contributed by atoms with Crippen molar-refractivity contribution in [3.8, 4) is 22.3 Å². The van der Waals surface area contributed by atoms with Gasteiger partial charge in [-0.25, -0.2) is 4.98 Å². The summed E-state index contributed by atoms with van der Waals surface area (Å²) in [7, 11) is 0. The van der Waals surface area contributed by atoms with Crippen LogP contribution in [0.5, 0.6) is 0 Å². The fourth-order valence-electron chi connectivity index (χ4n) is 6.60. The van der Waals surface area contributed by atoms with Crippen LogP contribution in [-0.4, -0.2) is 19.4 Å². The number of pyridine rings is 3. The molecule has 9 rings (SSSR count). The molecule has 7 aromatic rings. The Morgan fingerprint density at radius 1 is 0.629 bits per heavy atom. The van der Waals surface area contributed by atoms with E-state index in [0.29, 0.717) is 0 Å². The van der Waals surface area contributed by atoms with Crippen LogP contribution >= 0.6 is 0 Å². The highest BCUT2D eigenvalue weighted by Gasteiger charge is 2.30. The summed E-state index contributed by atoms with van der Waals surface area (Å²) in [5.41, 5.74) is 15.3. The minimum Gasteiger partial charge on any atom is -0.291 e. The fourth-order valence-corrected chi connectivity index (χ4v) is 6.60. The van der Waals surface area contributed by atoms with Gasteiger partial charge in [0.05, 0.1) is 17.2 Å². The molecule has 0 fully saturated rings. The Kier molecular flexibility index (Phi) is 3.11. The average Bonchev–Trinajstić information content (AvgIpc) is 3.59. The normalized spacial score (nSPS) is 13.5. The summed E-state index contributed by atoms with van der Waals surface area (Å²) in [5, 5.41) is 3.56. The van der Waals surface area contributed by atoms with E-state index in [-0.39, 0.29) is 0 Å². The number of fused-ring (bicyclic) bond motifs is 16. The molecule has 0 saturated carbocycles. The minimum absolute atomic E-state index is 0.914. The lowest BCUT2D eigenvalue weighted by molar-refractivity contribution is 1.23. The molecule has 0 bridgehead atoms. The van der Waals surface area contributed by atoms with E-state index in [1.165, 1.54) is 55.3 Å². The first-order valence-corrected chi connectivity index (χ1v) is 12.0. The second-order valence-corrected chi connectivity index (χ2v) is 9.69. The maximum Gasteiger partial charge on any atom is 0.147 e. The van der Waals surface area contributed by atoms with Gasteiger partial charge in [0.2, 0.25) is 0 Å². The molecule has 2 aliphatic rings. The Hall–Kier alpha value is -4.57. The van der Waals surface area contributed by atoms with Crippen LogP contribution in [-0.2, 0) is 12.8 Å². The second-order valence-electron chi connectivity index (χ2n) is 9.69. The number of hydrogen-bond donors (Lipinski definition) is 0. The van der Waals surface area contributed by atoms with Crippen LogP contribution in [0.4, 0.5) is 0 Å². The van der Waals surface area contributed by atoms with Gasteiger partial charge in [-0.05, 0) is 74.9 Å². The molecule has 4 nitrogen and oxygen atoms in total. The van der Waals surface area contributed by atoms with E-state index in [2.05, 4.69) is 75.0 Å². The van der Waals surface area contributed by atoms with Crippen LogP contribution in [0.2, 0.25) is 0 Å². The molecule has 4 heteroatoms. The van der Waals surface area contributed by atoms with E-state index < -0.39 is 0 Å². The van der Waals surface area contributed by atoms with Crippen molar-refractivity contribution in [3.05, 3.63) is 108 Å². The third-order valence-electron chi connectivity index (χ3n) is 8.00. The summed E-state index contributed by atoms with van der Waals surface area (Å²) in [6.07, 6.45) is 9.54. The minimum atomic E-state index is 0.914. The summed E-state index contributed by atoms with van der Waals surface area (Å²) in [4.78, 5) is 14.0. The van der Waals surface area contributed by atoms with Gasteiger partial charge >= 0.3 is 0 Å². The van der Waals surface area contributed by atoms with Crippen LogP contribution in [0, 0.1) is 0 Å². The molecule has 0 unspecified atom stereocenters. The van der Waals surface area contributed by atoms with Gasteiger partial charge in [0, 0.05) is 29.4 Å². The van der Waals surface area contributed by atoms with Gasteiger partial charge in [-0.3, -0.25) is 14.4 Å². The molecule has 162 valence electrons. The lowest BCUT2D eigenvalue weighted by Gasteiger charge is -2.13. The predicted octanol–water partition coefficient (Wildman–Crippen LogP) is 6.73. The van der Waals surface area contributed by atoms with Gasteiger partial charge in [0.15, 0.2) is 0 Å². The monoisotopic (exact) mass is 446 g/mol. The fraction of sp³-hybridized carbons (Fsp3) is 0.0645. The average molecular weight is 447 g/mol. The van der Waals surface area contributed by atoms with Crippen LogP contribution in [0.15, 0.2) is 85.5 Å². The predicted molar refractivity (Wildman–Crippen MR) is 140 cm³/mol. The van der Waals surface area contributed by atoms with Crippen LogP contribution in [0.25, 0.3) is 60.6 Å².